The summed E-state index contributed by atoms with van der Waals surface area (Å²) >= 11 is 0. The predicted octanol–water partition coefficient (Wildman–Crippen LogP) is 2.41. The van der Waals surface area contributed by atoms with E-state index in [9.17, 15) is 0 Å². The standard InChI is InChI=1S/C12H9N3/c1-8-3-2-4-11-12(8)9(7-14)10(15-11)5-6-13/h2-4,15H,5H2,1H3. The molecule has 0 aliphatic carbocycles. The lowest BCUT2D eigenvalue weighted by Gasteiger charge is -1.94. The van der Waals surface area contributed by atoms with Crippen LogP contribution in [0.3, 0.4) is 0 Å². The number of nitrogens with one attached hydrogen (secondary N) is 1. The van der Waals surface area contributed by atoms with E-state index in [2.05, 4.69) is 17.1 Å². The van der Waals surface area contributed by atoms with Gasteiger partial charge >= 0.3 is 0 Å². The van der Waals surface area contributed by atoms with Gasteiger partial charge in [-0.3, -0.25) is 0 Å². The molecule has 0 bridgehead atoms. The van der Waals surface area contributed by atoms with Crippen molar-refractivity contribution < 1.29 is 0 Å². The highest BCUT2D eigenvalue weighted by Crippen LogP contribution is 2.25. The number of H-pyrrole nitrogens is 1. The average molecular weight is 195 g/mol. The molecule has 0 saturated heterocycles. The van der Waals surface area contributed by atoms with Crippen molar-refractivity contribution in [2.75, 3.05) is 0 Å². The molecule has 15 heavy (non-hydrogen) atoms. The first-order valence-corrected chi connectivity index (χ1v) is 4.65. The molecule has 0 saturated carbocycles. The van der Waals surface area contributed by atoms with E-state index in [1.54, 1.807) is 0 Å². The predicted molar refractivity (Wildman–Crippen MR) is 57.1 cm³/mol. The highest BCUT2D eigenvalue weighted by Gasteiger charge is 2.11. The van der Waals surface area contributed by atoms with Crippen LogP contribution < -0.4 is 0 Å². The lowest BCUT2D eigenvalue weighted by Crippen LogP contribution is -1.85. The summed E-state index contributed by atoms with van der Waals surface area (Å²) in [6, 6.07) is 10.0. The first kappa shape index (κ1) is 9.30. The van der Waals surface area contributed by atoms with Gasteiger partial charge in [-0.2, -0.15) is 10.5 Å². The number of hydrogen-bond acceptors (Lipinski definition) is 2. The van der Waals surface area contributed by atoms with E-state index in [4.69, 9.17) is 10.5 Å². The number of aryl methyl sites for hydroxylation is 1. The fourth-order valence-electron chi connectivity index (χ4n) is 1.81. The van der Waals surface area contributed by atoms with Crippen molar-refractivity contribution in [3.63, 3.8) is 0 Å². The van der Waals surface area contributed by atoms with Gasteiger partial charge in [0.05, 0.1) is 18.1 Å². The molecule has 3 heteroatoms. The zero-order chi connectivity index (χ0) is 10.8. The van der Waals surface area contributed by atoms with E-state index in [0.29, 0.717) is 11.3 Å². The Labute approximate surface area is 87.6 Å². The van der Waals surface area contributed by atoms with E-state index in [0.717, 1.165) is 16.5 Å². The molecule has 72 valence electrons. The zero-order valence-corrected chi connectivity index (χ0v) is 8.33. The van der Waals surface area contributed by atoms with Gasteiger partial charge in [-0.15, -0.1) is 0 Å². The highest BCUT2D eigenvalue weighted by molar-refractivity contribution is 5.90. The third-order valence-corrected chi connectivity index (χ3v) is 2.48. The quantitative estimate of drug-likeness (QED) is 0.759. The molecule has 1 aromatic carbocycles. The number of aromatic nitrogens is 1. The summed E-state index contributed by atoms with van der Waals surface area (Å²) in [4.78, 5) is 3.11. The van der Waals surface area contributed by atoms with Crippen LogP contribution in [0, 0.1) is 29.6 Å². The zero-order valence-electron chi connectivity index (χ0n) is 8.33. The van der Waals surface area contributed by atoms with Crippen LogP contribution in [0.15, 0.2) is 18.2 Å². The molecule has 1 N–H and O–H groups in total. The molecule has 0 radical (unpaired) electrons. The van der Waals surface area contributed by atoms with Gasteiger partial charge in [0.25, 0.3) is 0 Å². The normalized spacial score (nSPS) is 9.80. The first-order chi connectivity index (χ1) is 7.27. The van der Waals surface area contributed by atoms with Gasteiger partial charge in [0.1, 0.15) is 6.07 Å². The Morgan fingerprint density at radius 3 is 2.80 bits per heavy atom. The van der Waals surface area contributed by atoms with Crippen LogP contribution in [0.2, 0.25) is 0 Å². The van der Waals surface area contributed by atoms with Crippen LogP contribution in [0.25, 0.3) is 10.9 Å². The second-order valence-electron chi connectivity index (χ2n) is 3.42. The Morgan fingerprint density at radius 2 is 2.13 bits per heavy atom. The molecule has 3 nitrogen and oxygen atoms in total. The number of fused-ring (bicyclic) bond motifs is 1. The maximum absolute atomic E-state index is 9.08. The topological polar surface area (TPSA) is 63.4 Å². The third kappa shape index (κ3) is 1.35. The molecule has 0 atom stereocenters. The Balaban J connectivity index is 2.83. The van der Waals surface area contributed by atoms with Gasteiger partial charge in [-0.1, -0.05) is 12.1 Å². The van der Waals surface area contributed by atoms with Crippen molar-refractivity contribution in [1.29, 1.82) is 10.5 Å². The van der Waals surface area contributed by atoms with E-state index in [-0.39, 0.29) is 6.42 Å². The molecule has 1 aromatic heterocycles. The van der Waals surface area contributed by atoms with Crippen molar-refractivity contribution in [2.45, 2.75) is 13.3 Å². The Hall–Kier alpha value is -2.26. The minimum Gasteiger partial charge on any atom is -0.356 e. The maximum atomic E-state index is 9.08. The molecule has 1 heterocycles. The minimum absolute atomic E-state index is 0.247. The molecule has 0 amide bonds. The van der Waals surface area contributed by atoms with Crippen LogP contribution in [-0.4, -0.2) is 4.98 Å². The summed E-state index contributed by atoms with van der Waals surface area (Å²) in [7, 11) is 0. The average Bonchev–Trinajstić information content (AvgIpc) is 2.57. The second kappa shape index (κ2) is 3.48. The molecule has 0 unspecified atom stereocenters. The number of rotatable bonds is 1. The van der Waals surface area contributed by atoms with Gasteiger partial charge in [0.15, 0.2) is 0 Å². The van der Waals surface area contributed by atoms with Crippen LogP contribution in [0.5, 0.6) is 0 Å². The van der Waals surface area contributed by atoms with Gasteiger partial charge in [-0.05, 0) is 18.6 Å². The van der Waals surface area contributed by atoms with Crippen LogP contribution in [0.4, 0.5) is 0 Å². The Morgan fingerprint density at radius 1 is 1.33 bits per heavy atom. The Kier molecular flexibility index (Phi) is 2.15. The van der Waals surface area contributed by atoms with Crippen molar-refractivity contribution in [2.24, 2.45) is 0 Å². The van der Waals surface area contributed by atoms with Crippen molar-refractivity contribution in [3.05, 3.63) is 35.0 Å². The van der Waals surface area contributed by atoms with Gasteiger partial charge in [0.2, 0.25) is 0 Å². The molecule has 2 rings (SSSR count). The van der Waals surface area contributed by atoms with E-state index >= 15 is 0 Å². The summed E-state index contributed by atoms with van der Waals surface area (Å²) in [5.41, 5.74) is 3.30. The second-order valence-corrected chi connectivity index (χ2v) is 3.42. The maximum Gasteiger partial charge on any atom is 0.102 e. The molecule has 2 aromatic rings. The molecule has 0 aliphatic rings. The monoisotopic (exact) mass is 195 g/mol. The summed E-state index contributed by atoms with van der Waals surface area (Å²) in [6.45, 7) is 1.97. The van der Waals surface area contributed by atoms with E-state index in [1.807, 2.05) is 25.1 Å². The van der Waals surface area contributed by atoms with E-state index < -0.39 is 0 Å². The number of hydrogen-bond donors (Lipinski definition) is 1. The van der Waals surface area contributed by atoms with Gasteiger partial charge < -0.3 is 4.98 Å². The number of aromatic amines is 1. The van der Waals surface area contributed by atoms with Crippen LogP contribution in [-0.2, 0) is 6.42 Å². The van der Waals surface area contributed by atoms with Crippen molar-refractivity contribution in [1.82, 2.24) is 4.98 Å². The fraction of sp³-hybridized carbons (Fsp3) is 0.167. The number of benzene rings is 1. The number of nitrogens with zero attached hydrogens (tertiary/aromatic N) is 2. The Bertz CT molecular complexity index is 594. The molecular weight excluding hydrogens is 186 g/mol. The summed E-state index contributed by atoms with van der Waals surface area (Å²) in [6.07, 6.45) is 0.247. The third-order valence-electron chi connectivity index (χ3n) is 2.48. The molecule has 0 spiro atoms. The molecular formula is C12H9N3. The van der Waals surface area contributed by atoms with Crippen LogP contribution >= 0.6 is 0 Å². The first-order valence-electron chi connectivity index (χ1n) is 4.65. The largest absolute Gasteiger partial charge is 0.356 e. The number of nitriles is 2. The van der Waals surface area contributed by atoms with Crippen LogP contribution in [0.1, 0.15) is 16.8 Å². The lowest BCUT2D eigenvalue weighted by atomic mass is 10.1. The smallest absolute Gasteiger partial charge is 0.102 e. The summed E-state index contributed by atoms with van der Waals surface area (Å²) in [5.74, 6) is 0. The van der Waals surface area contributed by atoms with Crippen molar-refractivity contribution >= 4 is 10.9 Å². The van der Waals surface area contributed by atoms with Gasteiger partial charge in [0, 0.05) is 16.6 Å². The molecule has 0 fully saturated rings. The lowest BCUT2D eigenvalue weighted by molar-refractivity contribution is 1.16. The van der Waals surface area contributed by atoms with Gasteiger partial charge in [-0.25, -0.2) is 0 Å². The molecule has 0 aliphatic heterocycles. The highest BCUT2D eigenvalue weighted by atomic mass is 14.7. The summed E-state index contributed by atoms with van der Waals surface area (Å²) in [5, 5.41) is 18.7. The fourth-order valence-corrected chi connectivity index (χ4v) is 1.81. The summed E-state index contributed by atoms with van der Waals surface area (Å²) < 4.78 is 0. The SMILES string of the molecule is Cc1cccc2[nH]c(CC#N)c(C#N)c12. The van der Waals surface area contributed by atoms with E-state index in [1.165, 1.54) is 0 Å². The van der Waals surface area contributed by atoms with Crippen molar-refractivity contribution in [3.8, 4) is 12.1 Å². The minimum atomic E-state index is 0.247.